The van der Waals surface area contributed by atoms with Crippen LogP contribution in [0.5, 0.6) is 0 Å². The lowest BCUT2D eigenvalue weighted by atomic mass is 9.80. The van der Waals surface area contributed by atoms with Gasteiger partial charge in [0.25, 0.3) is 0 Å². The van der Waals surface area contributed by atoms with E-state index in [1.807, 2.05) is 31.2 Å². The number of carbonyl (C=O) groups is 1. The standard InChI is InChI=1S/C13H18N2O2/c1-10-3-5-11(6-4-10)15-12(16)14-9-13(17)7-2-8-13/h3-6,17H,2,7-9H2,1H3,(H2,14,15,16). The zero-order valence-electron chi connectivity index (χ0n) is 9.99. The van der Waals surface area contributed by atoms with Crippen molar-refractivity contribution in [1.29, 1.82) is 0 Å². The molecule has 0 radical (unpaired) electrons. The highest BCUT2D eigenvalue weighted by atomic mass is 16.3. The number of hydrogen-bond donors (Lipinski definition) is 3. The van der Waals surface area contributed by atoms with Crippen LogP contribution in [-0.4, -0.2) is 23.3 Å². The Bertz CT molecular complexity index is 396. The topological polar surface area (TPSA) is 61.4 Å². The molecule has 0 heterocycles. The summed E-state index contributed by atoms with van der Waals surface area (Å²) in [6.07, 6.45) is 2.59. The van der Waals surface area contributed by atoms with E-state index in [2.05, 4.69) is 10.6 Å². The molecule has 1 saturated carbocycles. The number of nitrogens with one attached hydrogen (secondary N) is 2. The van der Waals surface area contributed by atoms with Crippen molar-refractivity contribution in [2.45, 2.75) is 31.8 Å². The summed E-state index contributed by atoms with van der Waals surface area (Å²) in [5, 5.41) is 15.2. The second-order valence-corrected chi connectivity index (χ2v) is 4.75. The molecule has 0 bridgehead atoms. The van der Waals surface area contributed by atoms with Crippen molar-refractivity contribution >= 4 is 11.7 Å². The Morgan fingerprint density at radius 2 is 2.00 bits per heavy atom. The predicted octanol–water partition coefficient (Wildman–Crippen LogP) is 2.03. The van der Waals surface area contributed by atoms with Crippen molar-refractivity contribution < 1.29 is 9.90 Å². The van der Waals surface area contributed by atoms with Crippen molar-refractivity contribution in [3.63, 3.8) is 0 Å². The average molecular weight is 234 g/mol. The summed E-state index contributed by atoms with van der Waals surface area (Å²) < 4.78 is 0. The van der Waals surface area contributed by atoms with Gasteiger partial charge in [0.15, 0.2) is 0 Å². The van der Waals surface area contributed by atoms with Gasteiger partial charge in [0.05, 0.1) is 5.60 Å². The fourth-order valence-corrected chi connectivity index (χ4v) is 1.82. The first-order valence-corrected chi connectivity index (χ1v) is 5.91. The van der Waals surface area contributed by atoms with Gasteiger partial charge in [0.2, 0.25) is 0 Å². The molecule has 0 spiro atoms. The van der Waals surface area contributed by atoms with Crippen molar-refractivity contribution in [3.8, 4) is 0 Å². The molecule has 2 rings (SSSR count). The molecule has 1 aliphatic carbocycles. The maximum atomic E-state index is 11.6. The van der Waals surface area contributed by atoms with Gasteiger partial charge in [-0.15, -0.1) is 0 Å². The Kier molecular flexibility index (Phi) is 3.33. The number of urea groups is 1. The Hall–Kier alpha value is -1.55. The fourth-order valence-electron chi connectivity index (χ4n) is 1.82. The van der Waals surface area contributed by atoms with E-state index in [-0.39, 0.29) is 6.03 Å². The first-order chi connectivity index (χ1) is 8.07. The average Bonchev–Trinajstić information content (AvgIpc) is 2.27. The molecule has 1 aliphatic rings. The maximum Gasteiger partial charge on any atom is 0.319 e. The van der Waals surface area contributed by atoms with Crippen LogP contribution in [0.25, 0.3) is 0 Å². The van der Waals surface area contributed by atoms with Crippen LogP contribution in [0.15, 0.2) is 24.3 Å². The number of aryl methyl sites for hydroxylation is 1. The summed E-state index contributed by atoms with van der Waals surface area (Å²) in [7, 11) is 0. The summed E-state index contributed by atoms with van der Waals surface area (Å²) >= 11 is 0. The summed E-state index contributed by atoms with van der Waals surface area (Å²) in [4.78, 5) is 11.6. The van der Waals surface area contributed by atoms with Crippen LogP contribution in [0.4, 0.5) is 10.5 Å². The SMILES string of the molecule is Cc1ccc(NC(=O)NCC2(O)CCC2)cc1. The molecule has 4 heteroatoms. The van der Waals surface area contributed by atoms with Gasteiger partial charge in [-0.25, -0.2) is 4.79 Å². The molecule has 0 atom stereocenters. The highest BCUT2D eigenvalue weighted by Gasteiger charge is 2.34. The quantitative estimate of drug-likeness (QED) is 0.749. The van der Waals surface area contributed by atoms with Crippen LogP contribution in [-0.2, 0) is 0 Å². The molecule has 0 aromatic heterocycles. The normalized spacial score (nSPS) is 17.1. The molecule has 0 unspecified atom stereocenters. The van der Waals surface area contributed by atoms with Crippen molar-refractivity contribution in [2.75, 3.05) is 11.9 Å². The lowest BCUT2D eigenvalue weighted by molar-refractivity contribution is -0.0287. The Morgan fingerprint density at radius 3 is 2.53 bits per heavy atom. The van der Waals surface area contributed by atoms with Gasteiger partial charge in [-0.2, -0.15) is 0 Å². The lowest BCUT2D eigenvalue weighted by Gasteiger charge is -2.36. The Morgan fingerprint density at radius 1 is 1.35 bits per heavy atom. The van der Waals surface area contributed by atoms with Crippen molar-refractivity contribution in [3.05, 3.63) is 29.8 Å². The van der Waals surface area contributed by atoms with Crippen LogP contribution >= 0.6 is 0 Å². The summed E-state index contributed by atoms with van der Waals surface area (Å²) in [6, 6.07) is 7.32. The molecule has 17 heavy (non-hydrogen) atoms. The molecule has 1 aromatic carbocycles. The van der Waals surface area contributed by atoms with E-state index in [0.29, 0.717) is 6.54 Å². The second-order valence-electron chi connectivity index (χ2n) is 4.75. The van der Waals surface area contributed by atoms with E-state index in [0.717, 1.165) is 30.5 Å². The third-order valence-corrected chi connectivity index (χ3v) is 3.17. The minimum atomic E-state index is -0.676. The van der Waals surface area contributed by atoms with Crippen LogP contribution < -0.4 is 10.6 Å². The zero-order valence-corrected chi connectivity index (χ0v) is 9.99. The van der Waals surface area contributed by atoms with Gasteiger partial charge < -0.3 is 15.7 Å². The van der Waals surface area contributed by atoms with Crippen molar-refractivity contribution in [2.24, 2.45) is 0 Å². The van der Waals surface area contributed by atoms with E-state index in [1.54, 1.807) is 0 Å². The molecule has 2 amide bonds. The summed E-state index contributed by atoms with van der Waals surface area (Å²) in [5.74, 6) is 0. The van der Waals surface area contributed by atoms with Crippen LogP contribution in [0.3, 0.4) is 0 Å². The van der Waals surface area contributed by atoms with Crippen LogP contribution in [0.1, 0.15) is 24.8 Å². The number of carbonyl (C=O) groups excluding carboxylic acids is 1. The van der Waals surface area contributed by atoms with Gasteiger partial charge in [-0.05, 0) is 38.3 Å². The smallest absolute Gasteiger partial charge is 0.319 e. The van der Waals surface area contributed by atoms with Crippen LogP contribution in [0.2, 0.25) is 0 Å². The Labute approximate surface area is 101 Å². The number of benzene rings is 1. The van der Waals surface area contributed by atoms with Gasteiger partial charge in [-0.1, -0.05) is 17.7 Å². The molecule has 92 valence electrons. The molecule has 0 saturated heterocycles. The highest BCUT2D eigenvalue weighted by Crippen LogP contribution is 2.30. The number of anilines is 1. The molecule has 0 aliphatic heterocycles. The maximum absolute atomic E-state index is 11.6. The van der Waals surface area contributed by atoms with E-state index in [4.69, 9.17) is 0 Å². The van der Waals surface area contributed by atoms with Crippen molar-refractivity contribution in [1.82, 2.24) is 5.32 Å². The van der Waals surface area contributed by atoms with Gasteiger partial charge in [0.1, 0.15) is 0 Å². The third-order valence-electron chi connectivity index (χ3n) is 3.17. The van der Waals surface area contributed by atoms with Gasteiger partial charge in [-0.3, -0.25) is 0 Å². The van der Waals surface area contributed by atoms with E-state index in [1.165, 1.54) is 0 Å². The first kappa shape index (κ1) is 11.9. The lowest BCUT2D eigenvalue weighted by Crippen LogP contribution is -2.48. The molecular weight excluding hydrogens is 216 g/mol. The van der Waals surface area contributed by atoms with Gasteiger partial charge in [0, 0.05) is 12.2 Å². The number of rotatable bonds is 3. The first-order valence-electron chi connectivity index (χ1n) is 5.91. The second kappa shape index (κ2) is 4.75. The molecule has 4 nitrogen and oxygen atoms in total. The molecule has 1 fully saturated rings. The third kappa shape index (κ3) is 3.20. The highest BCUT2D eigenvalue weighted by molar-refractivity contribution is 5.89. The fraction of sp³-hybridized carbons (Fsp3) is 0.462. The van der Waals surface area contributed by atoms with Gasteiger partial charge >= 0.3 is 6.03 Å². The van der Waals surface area contributed by atoms with E-state index < -0.39 is 5.60 Å². The number of aliphatic hydroxyl groups is 1. The molecular formula is C13H18N2O2. The summed E-state index contributed by atoms with van der Waals surface area (Å²) in [5.41, 5.74) is 1.23. The van der Waals surface area contributed by atoms with E-state index >= 15 is 0 Å². The predicted molar refractivity (Wildman–Crippen MR) is 67.0 cm³/mol. The van der Waals surface area contributed by atoms with Crippen LogP contribution in [0, 0.1) is 6.92 Å². The largest absolute Gasteiger partial charge is 0.388 e. The van der Waals surface area contributed by atoms with E-state index in [9.17, 15) is 9.90 Å². The zero-order chi connectivity index (χ0) is 12.3. The Balaban J connectivity index is 1.79. The number of hydrogen-bond acceptors (Lipinski definition) is 2. The number of amides is 2. The summed E-state index contributed by atoms with van der Waals surface area (Å²) in [6.45, 7) is 2.32. The monoisotopic (exact) mass is 234 g/mol. The molecule has 3 N–H and O–H groups in total. The minimum Gasteiger partial charge on any atom is -0.388 e. The minimum absolute atomic E-state index is 0.269. The molecule has 1 aromatic rings.